The number of hydrazone groups is 1. The summed E-state index contributed by atoms with van der Waals surface area (Å²) in [7, 11) is 0. The van der Waals surface area contributed by atoms with Crippen molar-refractivity contribution in [1.29, 1.82) is 0 Å². The van der Waals surface area contributed by atoms with Gasteiger partial charge in [-0.25, -0.2) is 4.98 Å². The highest BCUT2D eigenvalue weighted by atomic mass is 79.9. The average Bonchev–Trinajstić information content (AvgIpc) is 3.21. The molecule has 2 heterocycles. The molecule has 3 N–H and O–H groups in total. The Morgan fingerprint density at radius 1 is 1.46 bits per heavy atom. The predicted molar refractivity (Wildman–Crippen MR) is 97.7 cm³/mol. The van der Waals surface area contributed by atoms with Gasteiger partial charge in [-0.3, -0.25) is 5.43 Å². The number of nitrogens with two attached hydrogens (primary N) is 1. The van der Waals surface area contributed by atoms with Gasteiger partial charge in [0.1, 0.15) is 11.6 Å². The Labute approximate surface area is 151 Å². The summed E-state index contributed by atoms with van der Waals surface area (Å²) in [6.45, 7) is 1.80. The molecule has 9 heteroatoms. The number of hydrogen-bond donors (Lipinski definition) is 2. The first-order chi connectivity index (χ1) is 11.7. The highest BCUT2D eigenvalue weighted by Gasteiger charge is 2.15. The standard InChI is InChI=1S/C15H17BrN4O3S/c16-11-1-2-12(21-4-3-14-22-5-6-23-14)10(7-11)8-18-20-15-19-13(17)9-24-15/h1-2,7-9,14H,3-6,17H2,(H,19,20). The Morgan fingerprint density at radius 2 is 2.29 bits per heavy atom. The fourth-order valence-electron chi connectivity index (χ4n) is 2.09. The molecule has 0 unspecified atom stereocenters. The van der Waals surface area contributed by atoms with Gasteiger partial charge in [-0.05, 0) is 18.2 Å². The third kappa shape index (κ3) is 4.91. The van der Waals surface area contributed by atoms with Crippen molar-refractivity contribution in [3.63, 3.8) is 0 Å². The van der Waals surface area contributed by atoms with E-state index in [0.717, 1.165) is 15.8 Å². The van der Waals surface area contributed by atoms with Gasteiger partial charge in [0, 0.05) is 21.8 Å². The van der Waals surface area contributed by atoms with Crippen molar-refractivity contribution in [3.8, 4) is 5.75 Å². The molecule has 0 amide bonds. The zero-order valence-corrected chi connectivity index (χ0v) is 15.2. The van der Waals surface area contributed by atoms with Crippen LogP contribution < -0.4 is 15.9 Å². The van der Waals surface area contributed by atoms with Gasteiger partial charge in [0.15, 0.2) is 6.29 Å². The van der Waals surface area contributed by atoms with E-state index in [0.29, 0.717) is 37.2 Å². The van der Waals surface area contributed by atoms with Crippen LogP contribution in [0, 0.1) is 0 Å². The van der Waals surface area contributed by atoms with Crippen molar-refractivity contribution < 1.29 is 14.2 Å². The Morgan fingerprint density at radius 3 is 3.04 bits per heavy atom. The fourth-order valence-corrected chi connectivity index (χ4v) is 3.01. The molecule has 0 atom stereocenters. The van der Waals surface area contributed by atoms with E-state index in [1.807, 2.05) is 18.2 Å². The van der Waals surface area contributed by atoms with Crippen LogP contribution in [0.2, 0.25) is 0 Å². The van der Waals surface area contributed by atoms with Crippen LogP contribution in [0.5, 0.6) is 5.75 Å². The minimum Gasteiger partial charge on any atom is -0.493 e. The van der Waals surface area contributed by atoms with Crippen LogP contribution in [0.1, 0.15) is 12.0 Å². The molecule has 128 valence electrons. The first-order valence-corrected chi connectivity index (χ1v) is 9.03. The molecule has 0 radical (unpaired) electrons. The topological polar surface area (TPSA) is 91.0 Å². The minimum atomic E-state index is -0.172. The number of hydrogen-bond acceptors (Lipinski definition) is 8. The van der Waals surface area contributed by atoms with Crippen LogP contribution in [-0.2, 0) is 9.47 Å². The van der Waals surface area contributed by atoms with E-state index in [1.54, 1.807) is 11.6 Å². The predicted octanol–water partition coefficient (Wildman–Crippen LogP) is 3.08. The quantitative estimate of drug-likeness (QED) is 0.536. The third-order valence-corrected chi connectivity index (χ3v) is 4.42. The first kappa shape index (κ1) is 17.2. The smallest absolute Gasteiger partial charge is 0.205 e. The van der Waals surface area contributed by atoms with E-state index < -0.39 is 0 Å². The summed E-state index contributed by atoms with van der Waals surface area (Å²) in [5.41, 5.74) is 9.26. The maximum atomic E-state index is 5.83. The van der Waals surface area contributed by atoms with Gasteiger partial charge >= 0.3 is 0 Å². The molecule has 0 spiro atoms. The number of thiazole rings is 1. The van der Waals surface area contributed by atoms with Gasteiger partial charge in [0.25, 0.3) is 0 Å². The summed E-state index contributed by atoms with van der Waals surface area (Å²) in [6.07, 6.45) is 2.19. The molecular formula is C15H17BrN4O3S. The van der Waals surface area contributed by atoms with Crippen LogP contribution >= 0.6 is 27.3 Å². The number of ether oxygens (including phenoxy) is 3. The van der Waals surface area contributed by atoms with Crippen LogP contribution in [0.15, 0.2) is 33.2 Å². The van der Waals surface area contributed by atoms with Gasteiger partial charge < -0.3 is 19.9 Å². The number of rotatable bonds is 7. The Balaban J connectivity index is 1.59. The summed E-state index contributed by atoms with van der Waals surface area (Å²) in [5, 5.41) is 6.56. The molecule has 0 bridgehead atoms. The van der Waals surface area contributed by atoms with E-state index >= 15 is 0 Å². The van der Waals surface area contributed by atoms with Crippen molar-refractivity contribution in [2.24, 2.45) is 5.10 Å². The van der Waals surface area contributed by atoms with Gasteiger partial charge in [-0.2, -0.15) is 5.10 Å². The fraction of sp³-hybridized carbons (Fsp3) is 0.333. The van der Waals surface area contributed by atoms with Crippen LogP contribution in [0.25, 0.3) is 0 Å². The molecule has 3 rings (SSSR count). The normalized spacial score (nSPS) is 15.2. The summed E-state index contributed by atoms with van der Waals surface area (Å²) < 4.78 is 17.6. The highest BCUT2D eigenvalue weighted by molar-refractivity contribution is 9.10. The number of halogens is 1. The molecule has 2 aromatic rings. The number of nitrogens with zero attached hydrogens (tertiary/aromatic N) is 2. The van der Waals surface area contributed by atoms with E-state index in [9.17, 15) is 0 Å². The second-order valence-electron chi connectivity index (χ2n) is 4.94. The number of benzene rings is 1. The first-order valence-electron chi connectivity index (χ1n) is 7.36. The average molecular weight is 413 g/mol. The minimum absolute atomic E-state index is 0.172. The Kier molecular flexibility index (Phi) is 6.02. The number of nitrogens with one attached hydrogen (secondary N) is 1. The molecule has 1 aromatic heterocycles. The molecule has 24 heavy (non-hydrogen) atoms. The molecule has 1 aliphatic rings. The van der Waals surface area contributed by atoms with E-state index in [-0.39, 0.29) is 6.29 Å². The van der Waals surface area contributed by atoms with Crippen molar-refractivity contribution in [1.82, 2.24) is 4.98 Å². The molecule has 1 saturated heterocycles. The van der Waals surface area contributed by atoms with Gasteiger partial charge in [-0.1, -0.05) is 15.9 Å². The van der Waals surface area contributed by atoms with Crippen molar-refractivity contribution in [3.05, 3.63) is 33.6 Å². The molecular weight excluding hydrogens is 396 g/mol. The third-order valence-electron chi connectivity index (χ3n) is 3.16. The number of nitrogen functional groups attached to an aromatic ring is 1. The van der Waals surface area contributed by atoms with E-state index in [2.05, 4.69) is 31.4 Å². The van der Waals surface area contributed by atoms with Crippen molar-refractivity contribution in [2.45, 2.75) is 12.7 Å². The molecule has 1 aromatic carbocycles. The van der Waals surface area contributed by atoms with Crippen molar-refractivity contribution >= 4 is 44.4 Å². The van der Waals surface area contributed by atoms with Crippen LogP contribution in [0.4, 0.5) is 10.9 Å². The maximum Gasteiger partial charge on any atom is 0.205 e. The van der Waals surface area contributed by atoms with Gasteiger partial charge in [0.05, 0.1) is 26.0 Å². The lowest BCUT2D eigenvalue weighted by Crippen LogP contribution is -2.13. The lowest BCUT2D eigenvalue weighted by molar-refractivity contribution is -0.0531. The summed E-state index contributed by atoms with van der Waals surface area (Å²) in [6, 6.07) is 5.74. The summed E-state index contributed by atoms with van der Waals surface area (Å²) in [5.74, 6) is 1.21. The lowest BCUT2D eigenvalue weighted by Gasteiger charge is -2.12. The molecule has 0 aliphatic carbocycles. The highest BCUT2D eigenvalue weighted by Crippen LogP contribution is 2.23. The molecule has 7 nitrogen and oxygen atoms in total. The Hall–Kier alpha value is -1.68. The zero-order valence-electron chi connectivity index (χ0n) is 12.8. The van der Waals surface area contributed by atoms with E-state index in [4.69, 9.17) is 19.9 Å². The van der Waals surface area contributed by atoms with Crippen molar-refractivity contribution in [2.75, 3.05) is 31.0 Å². The molecule has 1 aliphatic heterocycles. The second kappa shape index (κ2) is 8.43. The number of aromatic nitrogens is 1. The summed E-state index contributed by atoms with van der Waals surface area (Å²) in [4.78, 5) is 4.08. The lowest BCUT2D eigenvalue weighted by atomic mass is 10.2. The second-order valence-corrected chi connectivity index (χ2v) is 6.71. The maximum absolute atomic E-state index is 5.83. The zero-order chi connectivity index (χ0) is 16.8. The Bertz CT molecular complexity index is 704. The van der Waals surface area contributed by atoms with E-state index in [1.165, 1.54) is 11.3 Å². The largest absolute Gasteiger partial charge is 0.493 e. The summed E-state index contributed by atoms with van der Waals surface area (Å²) >= 11 is 4.84. The van der Waals surface area contributed by atoms with Gasteiger partial charge in [0.2, 0.25) is 5.13 Å². The molecule has 1 fully saturated rings. The van der Waals surface area contributed by atoms with Crippen LogP contribution in [-0.4, -0.2) is 37.3 Å². The molecule has 0 saturated carbocycles. The van der Waals surface area contributed by atoms with Gasteiger partial charge in [-0.15, -0.1) is 11.3 Å². The number of anilines is 2. The SMILES string of the molecule is Nc1csc(NN=Cc2cc(Br)ccc2OCCC2OCCO2)n1. The monoisotopic (exact) mass is 412 g/mol. The van der Waals surface area contributed by atoms with Crippen LogP contribution in [0.3, 0.4) is 0 Å².